The van der Waals surface area contributed by atoms with Crippen molar-refractivity contribution in [1.29, 1.82) is 0 Å². The van der Waals surface area contributed by atoms with Gasteiger partial charge in [-0.25, -0.2) is 0 Å². The lowest BCUT2D eigenvalue weighted by atomic mass is 10.0. The van der Waals surface area contributed by atoms with Gasteiger partial charge in [0.25, 0.3) is 5.91 Å². The number of carbonyl (C=O) groups is 1. The summed E-state index contributed by atoms with van der Waals surface area (Å²) in [6, 6.07) is 0. The van der Waals surface area contributed by atoms with E-state index in [9.17, 15) is 4.79 Å². The number of amides is 1. The maximum Gasteiger partial charge on any atom is 0.258 e. The van der Waals surface area contributed by atoms with Crippen LogP contribution < -0.4 is 0 Å². The van der Waals surface area contributed by atoms with Gasteiger partial charge in [0.2, 0.25) is 0 Å². The Morgan fingerprint density at radius 2 is 2.21 bits per heavy atom. The lowest BCUT2D eigenvalue weighted by molar-refractivity contribution is 0.0738. The molecule has 0 saturated carbocycles. The minimum Gasteiger partial charge on any atom is -0.336 e. The molecule has 1 aromatic rings. The van der Waals surface area contributed by atoms with E-state index in [4.69, 9.17) is 0 Å². The summed E-state index contributed by atoms with van der Waals surface area (Å²) in [4.78, 5) is 14.6. The number of hydrogen-bond acceptors (Lipinski definition) is 3. The third-order valence-corrected chi connectivity index (χ3v) is 6.57. The zero-order chi connectivity index (χ0) is 14.0. The summed E-state index contributed by atoms with van der Waals surface area (Å²) < 4.78 is 2.66. The topological polar surface area (TPSA) is 38.1 Å². The van der Waals surface area contributed by atoms with Crippen LogP contribution in [0.2, 0.25) is 0 Å². The van der Waals surface area contributed by atoms with Crippen LogP contribution in [0.3, 0.4) is 0 Å². The Kier molecular flexibility index (Phi) is 4.61. The smallest absolute Gasteiger partial charge is 0.258 e. The van der Waals surface area contributed by atoms with Crippen molar-refractivity contribution < 1.29 is 4.79 Å². The van der Waals surface area contributed by atoms with Crippen molar-refractivity contribution in [3.05, 3.63) is 16.4 Å². The van der Waals surface area contributed by atoms with Crippen LogP contribution in [0.5, 0.6) is 0 Å². The van der Waals surface area contributed by atoms with Gasteiger partial charge in [0, 0.05) is 30.6 Å². The first-order valence-corrected chi connectivity index (χ1v) is 8.41. The van der Waals surface area contributed by atoms with Gasteiger partial charge in [-0.15, -0.1) is 0 Å². The Morgan fingerprint density at radius 1 is 1.53 bits per heavy atom. The van der Waals surface area contributed by atoms with Gasteiger partial charge in [-0.05, 0) is 28.8 Å². The number of rotatable bonds is 3. The van der Waals surface area contributed by atoms with Crippen molar-refractivity contribution in [2.45, 2.75) is 31.4 Å². The van der Waals surface area contributed by atoms with E-state index in [1.54, 1.807) is 10.9 Å². The number of aromatic nitrogens is 2. The van der Waals surface area contributed by atoms with Crippen molar-refractivity contribution >= 4 is 33.6 Å². The van der Waals surface area contributed by atoms with E-state index in [0.29, 0.717) is 5.56 Å². The summed E-state index contributed by atoms with van der Waals surface area (Å²) >= 11 is 5.44. The van der Waals surface area contributed by atoms with Gasteiger partial charge in [0.05, 0.1) is 11.8 Å². The number of aryl methyl sites for hydroxylation is 1. The molecule has 1 fully saturated rings. The Bertz CT molecular complexity index is 470. The highest BCUT2D eigenvalue weighted by Crippen LogP contribution is 2.37. The van der Waals surface area contributed by atoms with Crippen molar-refractivity contribution in [2.75, 3.05) is 18.8 Å². The number of hydrogen-bond donors (Lipinski definition) is 0. The van der Waals surface area contributed by atoms with Crippen LogP contribution in [0.1, 0.15) is 37.0 Å². The van der Waals surface area contributed by atoms with Crippen LogP contribution in [-0.4, -0.2) is 44.2 Å². The van der Waals surface area contributed by atoms with Gasteiger partial charge < -0.3 is 4.90 Å². The summed E-state index contributed by atoms with van der Waals surface area (Å²) in [6.07, 6.45) is 3.85. The average Bonchev–Trinajstić information content (AvgIpc) is 2.78. The molecule has 1 aromatic heterocycles. The fourth-order valence-electron chi connectivity index (χ4n) is 2.43. The van der Waals surface area contributed by atoms with Gasteiger partial charge in [-0.1, -0.05) is 13.8 Å². The minimum atomic E-state index is 0.0894. The quantitative estimate of drug-likeness (QED) is 0.845. The van der Waals surface area contributed by atoms with Gasteiger partial charge in [0.15, 0.2) is 0 Å². The number of halogens is 1. The molecule has 0 N–H and O–H groups in total. The molecule has 4 nitrogen and oxygen atoms in total. The maximum absolute atomic E-state index is 12.6. The zero-order valence-electron chi connectivity index (χ0n) is 11.6. The minimum absolute atomic E-state index is 0.0894. The van der Waals surface area contributed by atoms with Crippen LogP contribution in [-0.2, 0) is 7.05 Å². The van der Waals surface area contributed by atoms with E-state index < -0.39 is 0 Å². The Balaban J connectivity index is 2.18. The number of thioether (sulfide) groups is 1. The molecular weight excluding hydrogens is 326 g/mol. The third kappa shape index (κ3) is 2.84. The molecule has 106 valence electrons. The molecule has 1 saturated heterocycles. The first-order chi connectivity index (χ1) is 9.03. The molecule has 6 heteroatoms. The SMILES string of the molecule is CCC1(CC)CN(C(=O)c2cnn(C)c2Br)CCS1. The summed E-state index contributed by atoms with van der Waals surface area (Å²) in [5.41, 5.74) is 0.663. The van der Waals surface area contributed by atoms with Crippen LogP contribution in [0.25, 0.3) is 0 Å². The predicted octanol–water partition coefficient (Wildman–Crippen LogP) is 2.93. The van der Waals surface area contributed by atoms with Gasteiger partial charge in [-0.3, -0.25) is 9.48 Å². The lowest BCUT2D eigenvalue weighted by Crippen LogP contribution is -2.48. The van der Waals surface area contributed by atoms with Crippen molar-refractivity contribution in [1.82, 2.24) is 14.7 Å². The molecule has 1 amide bonds. The third-order valence-electron chi connectivity index (χ3n) is 3.92. The molecule has 0 spiro atoms. The van der Waals surface area contributed by atoms with E-state index in [1.807, 2.05) is 23.7 Å². The summed E-state index contributed by atoms with van der Waals surface area (Å²) in [6.45, 7) is 6.09. The van der Waals surface area contributed by atoms with Gasteiger partial charge >= 0.3 is 0 Å². The van der Waals surface area contributed by atoms with Crippen molar-refractivity contribution in [2.24, 2.45) is 7.05 Å². The molecule has 1 aliphatic rings. The van der Waals surface area contributed by atoms with Crippen molar-refractivity contribution in [3.8, 4) is 0 Å². The average molecular weight is 346 g/mol. The predicted molar refractivity (Wildman–Crippen MR) is 82.6 cm³/mol. The van der Waals surface area contributed by atoms with Gasteiger partial charge in [-0.2, -0.15) is 16.9 Å². The highest BCUT2D eigenvalue weighted by molar-refractivity contribution is 9.10. The first kappa shape index (κ1) is 14.9. The van der Waals surface area contributed by atoms with Crippen LogP contribution >= 0.6 is 27.7 Å². The Labute approximate surface area is 127 Å². The van der Waals surface area contributed by atoms with E-state index >= 15 is 0 Å². The highest BCUT2D eigenvalue weighted by atomic mass is 79.9. The van der Waals surface area contributed by atoms with Crippen molar-refractivity contribution in [3.63, 3.8) is 0 Å². The van der Waals surface area contributed by atoms with Crippen LogP contribution in [0, 0.1) is 0 Å². The molecule has 1 aliphatic heterocycles. The first-order valence-electron chi connectivity index (χ1n) is 6.63. The molecule has 2 rings (SSSR count). The molecule has 0 bridgehead atoms. The zero-order valence-corrected chi connectivity index (χ0v) is 14.1. The Hall–Kier alpha value is -0.490. The molecule has 2 heterocycles. The van der Waals surface area contributed by atoms with E-state index in [0.717, 1.165) is 36.3 Å². The molecule has 0 atom stereocenters. The summed E-state index contributed by atoms with van der Waals surface area (Å²) in [7, 11) is 1.83. The number of nitrogens with zero attached hydrogens (tertiary/aromatic N) is 3. The summed E-state index contributed by atoms with van der Waals surface area (Å²) in [5.74, 6) is 1.11. The molecule has 0 radical (unpaired) electrons. The highest BCUT2D eigenvalue weighted by Gasteiger charge is 2.35. The standard InChI is InChI=1S/C13H20BrN3OS/c1-4-13(5-2)9-17(6-7-19-13)12(18)10-8-15-16(3)11(10)14/h8H,4-7,9H2,1-3H3. The maximum atomic E-state index is 12.6. The fraction of sp³-hybridized carbons (Fsp3) is 0.692. The monoisotopic (exact) mass is 345 g/mol. The molecule has 19 heavy (non-hydrogen) atoms. The Morgan fingerprint density at radius 3 is 2.74 bits per heavy atom. The molecule has 0 aliphatic carbocycles. The lowest BCUT2D eigenvalue weighted by Gasteiger charge is -2.41. The van der Waals surface area contributed by atoms with E-state index in [1.165, 1.54) is 0 Å². The number of carbonyl (C=O) groups excluding carboxylic acids is 1. The summed E-state index contributed by atoms with van der Waals surface area (Å²) in [5, 5.41) is 4.13. The second kappa shape index (κ2) is 5.87. The second-order valence-corrected chi connectivity index (χ2v) is 7.25. The second-order valence-electron chi connectivity index (χ2n) is 4.94. The van der Waals surface area contributed by atoms with E-state index in [-0.39, 0.29) is 10.7 Å². The molecular formula is C13H20BrN3OS. The van der Waals surface area contributed by atoms with Gasteiger partial charge in [0.1, 0.15) is 4.60 Å². The van der Waals surface area contributed by atoms with E-state index in [2.05, 4.69) is 34.9 Å². The fourth-order valence-corrected chi connectivity index (χ4v) is 4.20. The molecule has 0 aromatic carbocycles. The molecule has 0 unspecified atom stereocenters. The normalized spacial score (nSPS) is 18.6. The largest absolute Gasteiger partial charge is 0.336 e. The van der Waals surface area contributed by atoms with Crippen LogP contribution in [0.15, 0.2) is 10.8 Å². The van der Waals surface area contributed by atoms with Crippen LogP contribution in [0.4, 0.5) is 0 Å².